The van der Waals surface area contributed by atoms with Gasteiger partial charge >= 0.3 is 0 Å². The molecule has 1 aliphatic heterocycles. The zero-order chi connectivity index (χ0) is 22.8. The van der Waals surface area contributed by atoms with Gasteiger partial charge in [-0.3, -0.25) is 4.79 Å². The first kappa shape index (κ1) is 21.1. The van der Waals surface area contributed by atoms with Crippen LogP contribution in [0.25, 0.3) is 16.9 Å². The van der Waals surface area contributed by atoms with E-state index in [0.29, 0.717) is 17.2 Å². The van der Waals surface area contributed by atoms with E-state index < -0.39 is 0 Å². The van der Waals surface area contributed by atoms with E-state index in [1.807, 2.05) is 36.4 Å². The average Bonchev–Trinajstić information content (AvgIpc) is 3.23. The van der Waals surface area contributed by atoms with Crippen molar-refractivity contribution in [3.8, 4) is 11.3 Å². The monoisotopic (exact) mass is 444 g/mol. The van der Waals surface area contributed by atoms with Crippen molar-refractivity contribution >= 4 is 23.2 Å². The van der Waals surface area contributed by atoms with Gasteiger partial charge in [0.05, 0.1) is 5.69 Å². The standard InChI is InChI=1S/C25H25FN6O/c1-31-14-12-21(13-15-31)27-24(33)17-8-10-20(11-9-17)28-25-29-23-7-3-6-22(32(23)30-25)18-4-2-5-19(26)16-18/h2-11,16,21H,12-15H2,1H3,(H,27,33)(H,28,30). The number of likely N-dealkylation sites (tertiary alicyclic amines) is 1. The number of hydrogen-bond acceptors (Lipinski definition) is 5. The minimum atomic E-state index is -0.303. The van der Waals surface area contributed by atoms with Gasteiger partial charge in [0.2, 0.25) is 5.95 Å². The molecule has 7 nitrogen and oxygen atoms in total. The van der Waals surface area contributed by atoms with Gasteiger partial charge < -0.3 is 15.5 Å². The lowest BCUT2D eigenvalue weighted by molar-refractivity contribution is 0.0917. The summed E-state index contributed by atoms with van der Waals surface area (Å²) in [6, 6.07) is 19.5. The van der Waals surface area contributed by atoms with E-state index >= 15 is 0 Å². The van der Waals surface area contributed by atoms with Crippen LogP contribution in [0.15, 0.2) is 66.7 Å². The van der Waals surface area contributed by atoms with Gasteiger partial charge in [-0.1, -0.05) is 18.2 Å². The summed E-state index contributed by atoms with van der Waals surface area (Å²) in [5.41, 5.74) is 3.50. The van der Waals surface area contributed by atoms with Crippen molar-refractivity contribution in [2.45, 2.75) is 18.9 Å². The SMILES string of the molecule is CN1CCC(NC(=O)c2ccc(Nc3nc4cccc(-c5cccc(F)c5)n4n3)cc2)CC1. The zero-order valence-electron chi connectivity index (χ0n) is 18.3. The van der Waals surface area contributed by atoms with Crippen LogP contribution in [0.4, 0.5) is 16.0 Å². The maximum absolute atomic E-state index is 13.7. The van der Waals surface area contributed by atoms with Gasteiger partial charge in [-0.15, -0.1) is 5.10 Å². The highest BCUT2D eigenvalue weighted by Gasteiger charge is 2.19. The highest BCUT2D eigenvalue weighted by atomic mass is 19.1. The van der Waals surface area contributed by atoms with Crippen LogP contribution < -0.4 is 10.6 Å². The summed E-state index contributed by atoms with van der Waals surface area (Å²) in [5, 5.41) is 10.9. The van der Waals surface area contributed by atoms with Crippen LogP contribution in [-0.2, 0) is 0 Å². The molecule has 1 saturated heterocycles. The number of fused-ring (bicyclic) bond motifs is 1. The van der Waals surface area contributed by atoms with E-state index in [4.69, 9.17) is 0 Å². The summed E-state index contributed by atoms with van der Waals surface area (Å²) in [5.74, 6) is 0.0620. The average molecular weight is 445 g/mol. The molecule has 1 aliphatic rings. The topological polar surface area (TPSA) is 74.6 Å². The molecule has 1 amide bonds. The Hall–Kier alpha value is -3.78. The summed E-state index contributed by atoms with van der Waals surface area (Å²) in [4.78, 5) is 19.4. The largest absolute Gasteiger partial charge is 0.349 e. The van der Waals surface area contributed by atoms with Gasteiger partial charge in [-0.25, -0.2) is 8.91 Å². The molecular weight excluding hydrogens is 419 g/mol. The van der Waals surface area contributed by atoms with Crippen molar-refractivity contribution in [1.82, 2.24) is 24.8 Å². The molecule has 5 rings (SSSR count). The van der Waals surface area contributed by atoms with Gasteiger partial charge in [-0.2, -0.15) is 4.98 Å². The van der Waals surface area contributed by atoms with Crippen LogP contribution in [-0.4, -0.2) is 51.6 Å². The van der Waals surface area contributed by atoms with Crippen LogP contribution in [0.1, 0.15) is 23.2 Å². The third-order valence-corrected chi connectivity index (χ3v) is 5.94. The molecule has 1 fully saturated rings. The number of hydrogen-bond donors (Lipinski definition) is 2. The third kappa shape index (κ3) is 4.70. The first-order valence-corrected chi connectivity index (χ1v) is 11.0. The highest BCUT2D eigenvalue weighted by molar-refractivity contribution is 5.94. The summed E-state index contributed by atoms with van der Waals surface area (Å²) in [6.45, 7) is 2.00. The molecule has 0 bridgehead atoms. The lowest BCUT2D eigenvalue weighted by atomic mass is 10.0. The molecule has 0 aliphatic carbocycles. The van der Waals surface area contributed by atoms with Gasteiger partial charge in [-0.05, 0) is 81.5 Å². The fourth-order valence-corrected chi connectivity index (χ4v) is 4.08. The van der Waals surface area contributed by atoms with Crippen molar-refractivity contribution < 1.29 is 9.18 Å². The molecule has 4 aromatic rings. The van der Waals surface area contributed by atoms with Crippen molar-refractivity contribution in [3.05, 3.63) is 78.1 Å². The normalized spacial score (nSPS) is 15.0. The number of benzene rings is 2. The Morgan fingerprint density at radius 1 is 1.03 bits per heavy atom. The lowest BCUT2D eigenvalue weighted by Crippen LogP contribution is -2.43. The fourth-order valence-electron chi connectivity index (χ4n) is 4.08. The number of rotatable bonds is 5. The number of aromatic nitrogens is 3. The molecule has 0 atom stereocenters. The molecule has 33 heavy (non-hydrogen) atoms. The van der Waals surface area contributed by atoms with Crippen LogP contribution >= 0.6 is 0 Å². The van der Waals surface area contributed by atoms with Gasteiger partial charge in [0.25, 0.3) is 5.91 Å². The Kier molecular flexibility index (Phi) is 5.75. The Bertz CT molecular complexity index is 1280. The van der Waals surface area contributed by atoms with E-state index in [1.165, 1.54) is 12.1 Å². The minimum Gasteiger partial charge on any atom is -0.349 e. The second kappa shape index (κ2) is 8.99. The zero-order valence-corrected chi connectivity index (χ0v) is 18.3. The molecule has 0 spiro atoms. The smallest absolute Gasteiger partial charge is 0.251 e. The predicted octanol–water partition coefficient (Wildman–Crippen LogP) is 4.10. The maximum Gasteiger partial charge on any atom is 0.251 e. The second-order valence-electron chi connectivity index (χ2n) is 8.38. The van der Waals surface area contributed by atoms with E-state index in [0.717, 1.165) is 42.9 Å². The molecule has 2 aromatic heterocycles. The Morgan fingerprint density at radius 3 is 2.55 bits per heavy atom. The van der Waals surface area contributed by atoms with Crippen molar-refractivity contribution in [2.24, 2.45) is 0 Å². The van der Waals surface area contributed by atoms with E-state index in [-0.39, 0.29) is 17.8 Å². The van der Waals surface area contributed by atoms with Crippen molar-refractivity contribution in [2.75, 3.05) is 25.5 Å². The van der Waals surface area contributed by atoms with E-state index in [2.05, 4.69) is 32.7 Å². The van der Waals surface area contributed by atoms with Gasteiger partial charge in [0.1, 0.15) is 5.82 Å². The summed E-state index contributed by atoms with van der Waals surface area (Å²) >= 11 is 0. The number of carbonyl (C=O) groups is 1. The number of piperidine rings is 1. The molecule has 3 heterocycles. The number of anilines is 2. The summed E-state index contributed by atoms with van der Waals surface area (Å²) in [6.07, 6.45) is 1.94. The van der Waals surface area contributed by atoms with Crippen molar-refractivity contribution in [3.63, 3.8) is 0 Å². The lowest BCUT2D eigenvalue weighted by Gasteiger charge is -2.29. The number of carbonyl (C=O) groups excluding carboxylic acids is 1. The highest BCUT2D eigenvalue weighted by Crippen LogP contribution is 2.23. The Labute approximate surface area is 191 Å². The fraction of sp³-hybridized carbons (Fsp3) is 0.240. The molecule has 168 valence electrons. The Morgan fingerprint density at radius 2 is 1.79 bits per heavy atom. The number of nitrogens with zero attached hydrogens (tertiary/aromatic N) is 4. The first-order valence-electron chi connectivity index (χ1n) is 11.0. The van der Waals surface area contributed by atoms with Gasteiger partial charge in [0.15, 0.2) is 5.65 Å². The number of pyridine rings is 1. The maximum atomic E-state index is 13.7. The van der Waals surface area contributed by atoms with Crippen molar-refractivity contribution in [1.29, 1.82) is 0 Å². The molecule has 0 unspecified atom stereocenters. The van der Waals surface area contributed by atoms with Gasteiger partial charge in [0, 0.05) is 22.9 Å². The molecule has 8 heteroatoms. The van der Waals surface area contributed by atoms with Crippen LogP contribution in [0, 0.1) is 5.82 Å². The Balaban J connectivity index is 1.30. The molecule has 0 saturated carbocycles. The molecule has 2 N–H and O–H groups in total. The molecule has 0 radical (unpaired) electrons. The summed E-state index contributed by atoms with van der Waals surface area (Å²) < 4.78 is 15.4. The van der Waals surface area contributed by atoms with Crippen LogP contribution in [0.3, 0.4) is 0 Å². The summed E-state index contributed by atoms with van der Waals surface area (Å²) in [7, 11) is 2.10. The van der Waals surface area contributed by atoms with Crippen LogP contribution in [0.5, 0.6) is 0 Å². The number of nitrogens with one attached hydrogen (secondary N) is 2. The second-order valence-corrected chi connectivity index (χ2v) is 8.38. The quantitative estimate of drug-likeness (QED) is 0.485. The minimum absolute atomic E-state index is 0.0540. The number of halogens is 1. The van der Waals surface area contributed by atoms with Crippen LogP contribution in [0.2, 0.25) is 0 Å². The first-order chi connectivity index (χ1) is 16.0. The van der Waals surface area contributed by atoms with E-state index in [1.54, 1.807) is 22.7 Å². The molecule has 2 aromatic carbocycles. The predicted molar refractivity (Wildman–Crippen MR) is 126 cm³/mol. The number of amides is 1. The van der Waals surface area contributed by atoms with E-state index in [9.17, 15) is 9.18 Å². The molecular formula is C25H25FN6O. The third-order valence-electron chi connectivity index (χ3n) is 5.94.